The molecule has 0 aliphatic rings. The van der Waals surface area contributed by atoms with Gasteiger partial charge in [0.1, 0.15) is 5.82 Å². The van der Waals surface area contributed by atoms with Crippen molar-refractivity contribution < 1.29 is 8.81 Å². The maximum Gasteiger partial charge on any atom is 0.141 e. The highest BCUT2D eigenvalue weighted by molar-refractivity contribution is 5.10. The van der Waals surface area contributed by atoms with Crippen LogP contribution in [0.5, 0.6) is 0 Å². The van der Waals surface area contributed by atoms with Crippen LogP contribution >= 0.6 is 0 Å². The number of nitrogens with one attached hydrogen (secondary N) is 1. The molecule has 1 atom stereocenters. The molecule has 1 unspecified atom stereocenters. The van der Waals surface area contributed by atoms with Crippen LogP contribution in [0.3, 0.4) is 0 Å². The Morgan fingerprint density at radius 1 is 1.44 bits per heavy atom. The van der Waals surface area contributed by atoms with Crippen LogP contribution in [0.25, 0.3) is 0 Å². The van der Waals surface area contributed by atoms with Crippen LogP contribution in [-0.4, -0.2) is 4.98 Å². The van der Waals surface area contributed by atoms with Crippen LogP contribution in [0, 0.1) is 5.82 Å². The lowest BCUT2D eigenvalue weighted by molar-refractivity contribution is 0.538. The van der Waals surface area contributed by atoms with Crippen molar-refractivity contribution in [2.75, 3.05) is 0 Å². The van der Waals surface area contributed by atoms with Crippen molar-refractivity contribution in [2.45, 2.75) is 19.5 Å². The first-order chi connectivity index (χ1) is 7.75. The monoisotopic (exact) mass is 220 g/mol. The lowest BCUT2D eigenvalue weighted by Crippen LogP contribution is -2.18. The highest BCUT2D eigenvalue weighted by Gasteiger charge is 2.06. The molecule has 0 aliphatic heterocycles. The van der Waals surface area contributed by atoms with Crippen molar-refractivity contribution in [3.05, 3.63) is 54.0 Å². The van der Waals surface area contributed by atoms with Gasteiger partial charge in [0.2, 0.25) is 0 Å². The van der Waals surface area contributed by atoms with Crippen molar-refractivity contribution in [3.8, 4) is 0 Å². The average molecular weight is 220 g/mol. The molecule has 0 aromatic carbocycles. The Balaban J connectivity index is 1.93. The summed E-state index contributed by atoms with van der Waals surface area (Å²) in [6, 6.07) is 5.08. The Morgan fingerprint density at radius 2 is 2.31 bits per heavy atom. The SMILES string of the molecule is CC(NCc1ccoc1)c1ccc(F)cn1. The Morgan fingerprint density at radius 3 is 2.94 bits per heavy atom. The van der Waals surface area contributed by atoms with Crippen LogP contribution < -0.4 is 5.32 Å². The molecule has 0 saturated carbocycles. The topological polar surface area (TPSA) is 38.1 Å². The second-order valence-corrected chi connectivity index (χ2v) is 3.64. The smallest absolute Gasteiger partial charge is 0.141 e. The zero-order chi connectivity index (χ0) is 11.4. The minimum absolute atomic E-state index is 0.0792. The van der Waals surface area contributed by atoms with Gasteiger partial charge in [-0.05, 0) is 25.1 Å². The molecule has 0 spiro atoms. The minimum Gasteiger partial charge on any atom is -0.472 e. The van der Waals surface area contributed by atoms with Gasteiger partial charge in [-0.25, -0.2) is 4.39 Å². The number of aromatic nitrogens is 1. The largest absolute Gasteiger partial charge is 0.472 e. The lowest BCUT2D eigenvalue weighted by atomic mass is 10.2. The lowest BCUT2D eigenvalue weighted by Gasteiger charge is -2.12. The van der Waals surface area contributed by atoms with E-state index < -0.39 is 0 Å². The van der Waals surface area contributed by atoms with Crippen LogP contribution in [0.2, 0.25) is 0 Å². The van der Waals surface area contributed by atoms with Gasteiger partial charge in [-0.15, -0.1) is 0 Å². The summed E-state index contributed by atoms with van der Waals surface area (Å²) in [5.74, 6) is -0.314. The summed E-state index contributed by atoms with van der Waals surface area (Å²) in [5.41, 5.74) is 1.90. The van der Waals surface area contributed by atoms with Gasteiger partial charge >= 0.3 is 0 Å². The number of hydrogen-bond donors (Lipinski definition) is 1. The normalized spacial score (nSPS) is 12.6. The third-order valence-electron chi connectivity index (χ3n) is 2.39. The predicted molar refractivity (Wildman–Crippen MR) is 58.2 cm³/mol. The Labute approximate surface area is 93.3 Å². The summed E-state index contributed by atoms with van der Waals surface area (Å²) < 4.78 is 17.6. The van der Waals surface area contributed by atoms with E-state index in [4.69, 9.17) is 4.42 Å². The summed E-state index contributed by atoms with van der Waals surface area (Å²) in [7, 11) is 0. The van der Waals surface area contributed by atoms with Gasteiger partial charge < -0.3 is 9.73 Å². The molecule has 3 nitrogen and oxygen atoms in total. The third kappa shape index (κ3) is 2.67. The van der Waals surface area contributed by atoms with Crippen molar-refractivity contribution in [1.29, 1.82) is 0 Å². The molecule has 0 radical (unpaired) electrons. The summed E-state index contributed by atoms with van der Waals surface area (Å²) in [5, 5.41) is 3.28. The molecule has 0 amide bonds. The first kappa shape index (κ1) is 10.8. The molecule has 0 saturated heterocycles. The summed E-state index contributed by atoms with van der Waals surface area (Å²) in [4.78, 5) is 4.02. The van der Waals surface area contributed by atoms with Gasteiger partial charge in [-0.1, -0.05) is 0 Å². The standard InChI is InChI=1S/C12H13FN2O/c1-9(12-3-2-11(13)7-15-12)14-6-10-4-5-16-8-10/h2-5,7-9,14H,6H2,1H3. The predicted octanol–water partition coefficient (Wildman–Crippen LogP) is 2.66. The highest BCUT2D eigenvalue weighted by Crippen LogP contribution is 2.10. The number of furan rings is 1. The van der Waals surface area contributed by atoms with Gasteiger partial charge in [0, 0.05) is 18.2 Å². The zero-order valence-corrected chi connectivity index (χ0v) is 8.98. The minimum atomic E-state index is -0.314. The number of pyridine rings is 1. The molecule has 0 bridgehead atoms. The third-order valence-corrected chi connectivity index (χ3v) is 2.39. The highest BCUT2D eigenvalue weighted by atomic mass is 19.1. The Kier molecular flexibility index (Phi) is 3.31. The van der Waals surface area contributed by atoms with E-state index in [0.717, 1.165) is 11.3 Å². The first-order valence-electron chi connectivity index (χ1n) is 5.11. The zero-order valence-electron chi connectivity index (χ0n) is 8.98. The molecule has 2 rings (SSSR count). The maximum atomic E-state index is 12.7. The molecular formula is C12H13FN2O. The summed E-state index contributed by atoms with van der Waals surface area (Å²) in [6.45, 7) is 2.69. The fourth-order valence-corrected chi connectivity index (χ4v) is 1.41. The number of hydrogen-bond acceptors (Lipinski definition) is 3. The fraction of sp³-hybridized carbons (Fsp3) is 0.250. The van der Waals surface area contributed by atoms with E-state index in [1.165, 1.54) is 12.3 Å². The average Bonchev–Trinajstić information content (AvgIpc) is 2.80. The van der Waals surface area contributed by atoms with Crippen LogP contribution in [0.1, 0.15) is 24.2 Å². The number of halogens is 1. The first-order valence-corrected chi connectivity index (χ1v) is 5.11. The molecule has 2 aromatic heterocycles. The summed E-state index contributed by atoms with van der Waals surface area (Å²) >= 11 is 0. The number of nitrogens with zero attached hydrogens (tertiary/aromatic N) is 1. The second-order valence-electron chi connectivity index (χ2n) is 3.64. The maximum absolute atomic E-state index is 12.7. The van der Waals surface area contributed by atoms with Crippen molar-refractivity contribution in [3.63, 3.8) is 0 Å². The molecule has 16 heavy (non-hydrogen) atoms. The van der Waals surface area contributed by atoms with E-state index in [0.29, 0.717) is 6.54 Å². The molecular weight excluding hydrogens is 207 g/mol. The van der Waals surface area contributed by atoms with E-state index in [-0.39, 0.29) is 11.9 Å². The molecule has 2 heterocycles. The Bertz CT molecular complexity index is 425. The van der Waals surface area contributed by atoms with Crippen molar-refractivity contribution in [2.24, 2.45) is 0 Å². The fourth-order valence-electron chi connectivity index (χ4n) is 1.41. The molecule has 0 fully saturated rings. The summed E-state index contributed by atoms with van der Waals surface area (Å²) in [6.07, 6.45) is 4.56. The molecule has 1 N–H and O–H groups in total. The van der Waals surface area contributed by atoms with Crippen LogP contribution in [0.4, 0.5) is 4.39 Å². The van der Waals surface area contributed by atoms with Gasteiger partial charge in [0.15, 0.2) is 0 Å². The Hall–Kier alpha value is -1.68. The van der Waals surface area contributed by atoms with Gasteiger partial charge in [-0.3, -0.25) is 4.98 Å². The van der Waals surface area contributed by atoms with E-state index in [2.05, 4.69) is 10.3 Å². The molecule has 4 heteroatoms. The number of rotatable bonds is 4. The second kappa shape index (κ2) is 4.90. The molecule has 84 valence electrons. The van der Waals surface area contributed by atoms with Gasteiger partial charge in [-0.2, -0.15) is 0 Å². The van der Waals surface area contributed by atoms with E-state index >= 15 is 0 Å². The van der Waals surface area contributed by atoms with E-state index in [1.54, 1.807) is 18.6 Å². The molecule has 0 aliphatic carbocycles. The van der Waals surface area contributed by atoms with Gasteiger partial charge in [0.25, 0.3) is 0 Å². The quantitative estimate of drug-likeness (QED) is 0.860. The van der Waals surface area contributed by atoms with Crippen molar-refractivity contribution in [1.82, 2.24) is 10.3 Å². The van der Waals surface area contributed by atoms with Crippen molar-refractivity contribution >= 4 is 0 Å². The van der Waals surface area contributed by atoms with E-state index in [1.807, 2.05) is 13.0 Å². The van der Waals surface area contributed by atoms with Gasteiger partial charge in [0.05, 0.1) is 24.4 Å². The van der Waals surface area contributed by atoms with Crippen LogP contribution in [-0.2, 0) is 6.54 Å². The van der Waals surface area contributed by atoms with E-state index in [9.17, 15) is 4.39 Å². The van der Waals surface area contributed by atoms with Crippen LogP contribution in [0.15, 0.2) is 41.3 Å². The molecule has 2 aromatic rings.